The summed E-state index contributed by atoms with van der Waals surface area (Å²) in [5.41, 5.74) is 0.0129. The van der Waals surface area contributed by atoms with Crippen molar-refractivity contribution in [2.24, 2.45) is 11.8 Å². The van der Waals surface area contributed by atoms with Gasteiger partial charge >= 0.3 is 5.97 Å². The highest BCUT2D eigenvalue weighted by molar-refractivity contribution is 8.03. The molecule has 6 atom stereocenters. The van der Waals surface area contributed by atoms with E-state index in [1.807, 2.05) is 11.8 Å². The molecule has 0 aromatic carbocycles. The maximum absolute atomic E-state index is 13.3. The average Bonchev–Trinajstić information content (AvgIpc) is 3.67. The second-order valence-corrected chi connectivity index (χ2v) is 13.3. The molecule has 16 heteroatoms. The van der Waals surface area contributed by atoms with Crippen molar-refractivity contribution >= 4 is 35.5 Å². The molecule has 0 radical (unpaired) electrons. The summed E-state index contributed by atoms with van der Waals surface area (Å²) in [6.07, 6.45) is 3.48. The van der Waals surface area contributed by atoms with E-state index in [1.54, 1.807) is 6.92 Å². The molecule has 42 heavy (non-hydrogen) atoms. The van der Waals surface area contributed by atoms with Crippen LogP contribution in [-0.2, 0) is 25.7 Å². The first-order valence-corrected chi connectivity index (χ1v) is 15.4. The van der Waals surface area contributed by atoms with E-state index in [1.165, 1.54) is 27.7 Å². The van der Waals surface area contributed by atoms with Crippen molar-refractivity contribution in [3.63, 3.8) is 0 Å². The molecule has 0 bridgehead atoms. The Labute approximate surface area is 247 Å². The van der Waals surface area contributed by atoms with Gasteiger partial charge in [0.2, 0.25) is 17.7 Å². The zero-order valence-electron chi connectivity index (χ0n) is 23.6. The Bertz CT molecular complexity index is 1260. The Morgan fingerprint density at radius 3 is 2.62 bits per heavy atom. The number of aliphatic hydroxyl groups is 1. The standard InChI is InChI=1S/C26H37N9O6S/c1-13-21-20(14(2)29-19(37)11-34-12-28-30-31-34)25(39)35(21)22(26(40)41)23(13)42-17-7-18(27-8-17)24(38)32-5-3-15(4-6-32)33-9-16(36)10-33/h12-18,20-21,27,36H,3-11H2,1-2H3,(H,29,37)(H,40,41)/t13-,14-,17?,18+,20?,21+/m1/s1. The predicted molar refractivity (Wildman–Crippen MR) is 148 cm³/mol. The van der Waals surface area contributed by atoms with Crippen LogP contribution in [0.5, 0.6) is 0 Å². The number of tetrazole rings is 1. The van der Waals surface area contributed by atoms with Crippen molar-refractivity contribution in [2.75, 3.05) is 32.7 Å². The van der Waals surface area contributed by atoms with Crippen LogP contribution in [0.4, 0.5) is 0 Å². The number of piperidine rings is 1. The average molecular weight is 604 g/mol. The molecule has 2 unspecified atom stereocenters. The van der Waals surface area contributed by atoms with Gasteiger partial charge in [-0.05, 0) is 36.6 Å². The van der Waals surface area contributed by atoms with Gasteiger partial charge in [0.05, 0.1) is 24.1 Å². The highest BCUT2D eigenvalue weighted by atomic mass is 32.2. The quantitative estimate of drug-likeness (QED) is 0.230. The van der Waals surface area contributed by atoms with E-state index in [0.717, 1.165) is 12.8 Å². The van der Waals surface area contributed by atoms with Crippen LogP contribution in [0, 0.1) is 11.8 Å². The summed E-state index contributed by atoms with van der Waals surface area (Å²) in [4.78, 5) is 57.5. The minimum absolute atomic E-state index is 0.00784. The van der Waals surface area contributed by atoms with E-state index in [2.05, 4.69) is 31.1 Å². The van der Waals surface area contributed by atoms with Gasteiger partial charge in [0, 0.05) is 60.9 Å². The number of hydrogen-bond donors (Lipinski definition) is 4. The zero-order valence-corrected chi connectivity index (χ0v) is 24.4. The molecule has 15 nitrogen and oxygen atoms in total. The Kier molecular flexibility index (Phi) is 7.97. The van der Waals surface area contributed by atoms with Crippen LogP contribution in [0.2, 0.25) is 0 Å². The number of hydrogen-bond acceptors (Lipinski definition) is 11. The fourth-order valence-electron chi connectivity index (χ4n) is 7.10. The number of likely N-dealkylation sites (tertiary alicyclic amines) is 2. The maximum Gasteiger partial charge on any atom is 0.353 e. The van der Waals surface area contributed by atoms with Gasteiger partial charge in [0.1, 0.15) is 18.6 Å². The molecular weight excluding hydrogens is 566 g/mol. The third kappa shape index (κ3) is 5.29. The number of carboxylic acid groups (broad SMARTS) is 1. The van der Waals surface area contributed by atoms with Crippen LogP contribution in [0.25, 0.3) is 0 Å². The Morgan fingerprint density at radius 1 is 1.24 bits per heavy atom. The molecule has 3 amide bonds. The Hall–Kier alpha value is -3.08. The Balaban J connectivity index is 1.04. The topological polar surface area (TPSA) is 186 Å². The number of amides is 3. The number of carbonyl (C=O) groups excluding carboxylic acids is 3. The lowest BCUT2D eigenvalue weighted by atomic mass is 9.78. The molecule has 0 spiro atoms. The van der Waals surface area contributed by atoms with Crippen molar-refractivity contribution in [1.82, 2.24) is 45.5 Å². The second kappa shape index (κ2) is 11.5. The van der Waals surface area contributed by atoms with Crippen LogP contribution in [0.15, 0.2) is 16.9 Å². The van der Waals surface area contributed by atoms with Crippen molar-refractivity contribution < 1.29 is 29.4 Å². The maximum atomic E-state index is 13.3. The number of β-amino-alcohol motifs (C(OH)–C–C–N with tert-alkyl or cyclic N) is 1. The molecule has 228 valence electrons. The number of carbonyl (C=O) groups is 4. The highest BCUT2D eigenvalue weighted by Crippen LogP contribution is 2.51. The molecule has 5 aliphatic heterocycles. The number of carboxylic acids is 1. The third-order valence-electron chi connectivity index (χ3n) is 9.28. The number of aliphatic hydroxyl groups excluding tert-OH is 1. The normalized spacial score (nSPS) is 31.1. The molecule has 6 heterocycles. The van der Waals surface area contributed by atoms with E-state index in [-0.39, 0.29) is 59.3 Å². The molecule has 1 aromatic heterocycles. The number of aliphatic carboxylic acids is 1. The van der Waals surface area contributed by atoms with Gasteiger partial charge in [0.25, 0.3) is 0 Å². The van der Waals surface area contributed by atoms with Crippen molar-refractivity contribution in [1.29, 1.82) is 0 Å². The van der Waals surface area contributed by atoms with Crippen molar-refractivity contribution in [2.45, 2.75) is 75.2 Å². The largest absolute Gasteiger partial charge is 0.477 e. The first kappa shape index (κ1) is 29.0. The fraction of sp³-hybridized carbons (Fsp3) is 0.731. The number of rotatable bonds is 9. The summed E-state index contributed by atoms with van der Waals surface area (Å²) in [6.45, 7) is 6.99. The first-order chi connectivity index (χ1) is 20.1. The van der Waals surface area contributed by atoms with E-state index >= 15 is 0 Å². The predicted octanol–water partition coefficient (Wildman–Crippen LogP) is -1.92. The molecule has 4 fully saturated rings. The number of nitrogens with zero attached hydrogens (tertiary/aromatic N) is 7. The van der Waals surface area contributed by atoms with E-state index in [9.17, 15) is 29.4 Å². The second-order valence-electron chi connectivity index (χ2n) is 12.0. The van der Waals surface area contributed by atoms with Gasteiger partial charge in [-0.2, -0.15) is 0 Å². The van der Waals surface area contributed by atoms with Gasteiger partial charge < -0.3 is 30.6 Å². The van der Waals surface area contributed by atoms with Gasteiger partial charge in [-0.1, -0.05) is 6.92 Å². The van der Waals surface area contributed by atoms with Gasteiger partial charge in [-0.25, -0.2) is 9.48 Å². The monoisotopic (exact) mass is 603 g/mol. The molecule has 0 saturated carbocycles. The SMILES string of the molecule is C[C@@H](NC(=O)Cn1cnnn1)C1C(=O)N2C(C(=O)O)=C(SC3CN[C@H](C(=O)N4CCC(N5CC(O)C5)CC4)C3)[C@H](C)[C@@H]12. The first-order valence-electron chi connectivity index (χ1n) is 14.5. The highest BCUT2D eigenvalue weighted by Gasteiger charge is 2.60. The number of nitrogens with one attached hydrogen (secondary N) is 2. The summed E-state index contributed by atoms with van der Waals surface area (Å²) >= 11 is 1.45. The molecule has 5 aliphatic rings. The summed E-state index contributed by atoms with van der Waals surface area (Å²) in [5.74, 6) is -2.50. The van der Waals surface area contributed by atoms with Gasteiger partial charge in [-0.15, -0.1) is 16.9 Å². The number of aromatic nitrogens is 4. The van der Waals surface area contributed by atoms with Crippen LogP contribution in [0.1, 0.15) is 33.1 Å². The van der Waals surface area contributed by atoms with Crippen LogP contribution in [-0.4, -0.2) is 137 Å². The summed E-state index contributed by atoms with van der Waals surface area (Å²) in [7, 11) is 0. The molecule has 0 aliphatic carbocycles. The molecule has 4 saturated heterocycles. The summed E-state index contributed by atoms with van der Waals surface area (Å²) in [6, 6.07) is -0.774. The third-order valence-corrected chi connectivity index (χ3v) is 10.8. The molecular formula is C26H37N9O6S. The van der Waals surface area contributed by atoms with Gasteiger partial charge in [-0.3, -0.25) is 19.3 Å². The Morgan fingerprint density at radius 2 is 1.98 bits per heavy atom. The van der Waals surface area contributed by atoms with Crippen LogP contribution >= 0.6 is 11.8 Å². The summed E-state index contributed by atoms with van der Waals surface area (Å²) in [5, 5.41) is 36.5. The lowest BCUT2D eigenvalue weighted by Gasteiger charge is -2.47. The van der Waals surface area contributed by atoms with Crippen LogP contribution < -0.4 is 10.6 Å². The van der Waals surface area contributed by atoms with Gasteiger partial charge in [0.15, 0.2) is 0 Å². The lowest BCUT2D eigenvalue weighted by molar-refractivity contribution is -0.158. The van der Waals surface area contributed by atoms with E-state index in [0.29, 0.717) is 50.1 Å². The van der Waals surface area contributed by atoms with E-state index < -0.39 is 17.9 Å². The smallest absolute Gasteiger partial charge is 0.353 e. The molecule has 4 N–H and O–H groups in total. The number of thioether (sulfide) groups is 1. The molecule has 6 rings (SSSR count). The molecule has 1 aromatic rings. The lowest BCUT2D eigenvalue weighted by Crippen LogP contribution is -2.66. The van der Waals surface area contributed by atoms with Crippen molar-refractivity contribution in [3.8, 4) is 0 Å². The minimum Gasteiger partial charge on any atom is -0.477 e. The van der Waals surface area contributed by atoms with Crippen molar-refractivity contribution in [3.05, 3.63) is 16.9 Å². The van der Waals surface area contributed by atoms with E-state index in [4.69, 9.17) is 0 Å². The van der Waals surface area contributed by atoms with Crippen LogP contribution in [0.3, 0.4) is 0 Å². The number of fused-ring (bicyclic) bond motifs is 1. The summed E-state index contributed by atoms with van der Waals surface area (Å²) < 4.78 is 1.28. The fourth-order valence-corrected chi connectivity index (χ4v) is 8.58. The minimum atomic E-state index is -1.15. The number of β-lactam (4-membered cyclic amide) rings is 1. The zero-order chi connectivity index (χ0) is 29.7.